The van der Waals surface area contributed by atoms with Crippen LogP contribution >= 0.6 is 0 Å². The van der Waals surface area contributed by atoms with Gasteiger partial charge in [-0.2, -0.15) is 5.10 Å². The molecule has 2 N–H and O–H groups in total. The highest BCUT2D eigenvalue weighted by Gasteiger charge is 2.38. The van der Waals surface area contributed by atoms with Crippen molar-refractivity contribution in [3.05, 3.63) is 65.0 Å². The lowest BCUT2D eigenvalue weighted by Crippen LogP contribution is -2.49. The van der Waals surface area contributed by atoms with E-state index < -0.39 is 0 Å². The average Bonchev–Trinajstić information content (AvgIpc) is 3.17. The van der Waals surface area contributed by atoms with E-state index in [0.717, 1.165) is 48.7 Å². The molecule has 7 heteroatoms. The molecule has 0 saturated carbocycles. The number of carbonyl (C=O) groups is 1. The second-order valence-corrected chi connectivity index (χ2v) is 9.11. The highest BCUT2D eigenvalue weighted by atomic mass is 16.2. The number of carbonyl (C=O) groups excluding carboxylic acids is 1. The smallest absolute Gasteiger partial charge is 0.238 e. The van der Waals surface area contributed by atoms with E-state index in [9.17, 15) is 4.79 Å². The van der Waals surface area contributed by atoms with E-state index in [1.54, 1.807) is 0 Å². The summed E-state index contributed by atoms with van der Waals surface area (Å²) >= 11 is 0. The average molecular weight is 435 g/mol. The number of hydrogen-bond acceptors (Lipinski definition) is 6. The summed E-state index contributed by atoms with van der Waals surface area (Å²) in [6, 6.07) is 10.3. The lowest BCUT2D eigenvalue weighted by atomic mass is 9.83. The molecular formula is C25H34N6O. The molecule has 1 fully saturated rings. The van der Waals surface area contributed by atoms with Crippen molar-refractivity contribution in [3.8, 4) is 0 Å². The molecule has 7 nitrogen and oxygen atoms in total. The van der Waals surface area contributed by atoms with E-state index in [0.29, 0.717) is 6.54 Å². The first kappa shape index (κ1) is 22.3. The standard InChI is InChI=1S/C25H34N6O/c1-18-24-20(21(27-28-24)11-10-19-8-6-5-7-9-19)16-22(26-23(32)17-29(2)3)25(18)31-14-12-30(4)13-15-31/h5-11,16,18,24,28H,12-15,17H2,1-4H3,(H,26,32)/b11-10+. The Morgan fingerprint density at radius 2 is 1.91 bits per heavy atom. The van der Waals surface area contributed by atoms with Crippen molar-refractivity contribution in [2.75, 3.05) is 53.9 Å². The molecule has 2 atom stereocenters. The summed E-state index contributed by atoms with van der Waals surface area (Å²) in [5.41, 5.74) is 8.65. The number of fused-ring (bicyclic) bond motifs is 1. The van der Waals surface area contributed by atoms with Crippen LogP contribution in [0.1, 0.15) is 12.5 Å². The molecule has 0 aromatic heterocycles. The molecule has 1 saturated heterocycles. The summed E-state index contributed by atoms with van der Waals surface area (Å²) in [7, 11) is 5.98. The third-order valence-electron chi connectivity index (χ3n) is 6.27. The fourth-order valence-electron chi connectivity index (χ4n) is 4.57. The SMILES string of the molecule is CC1C(N2CCN(C)CC2)=C(NC(=O)CN(C)C)C=C2C(/C=C/c3ccccc3)=NNC21. The zero-order chi connectivity index (χ0) is 22.7. The number of benzene rings is 1. The third-order valence-corrected chi connectivity index (χ3v) is 6.27. The molecule has 1 amide bonds. The summed E-state index contributed by atoms with van der Waals surface area (Å²) in [6.45, 7) is 6.54. The molecule has 1 aromatic carbocycles. The van der Waals surface area contributed by atoms with Gasteiger partial charge in [0.2, 0.25) is 5.91 Å². The second kappa shape index (κ2) is 9.71. The fraction of sp³-hybridized carbons (Fsp3) is 0.440. The zero-order valence-corrected chi connectivity index (χ0v) is 19.5. The number of hydrogen-bond donors (Lipinski definition) is 2. The number of nitrogens with zero attached hydrogens (tertiary/aromatic N) is 4. The molecule has 1 aliphatic carbocycles. The van der Waals surface area contributed by atoms with Gasteiger partial charge in [-0.25, -0.2) is 0 Å². The van der Waals surface area contributed by atoms with Gasteiger partial charge in [0.25, 0.3) is 0 Å². The van der Waals surface area contributed by atoms with Crippen molar-refractivity contribution in [1.29, 1.82) is 0 Å². The third kappa shape index (κ3) is 4.95. The van der Waals surface area contributed by atoms with Gasteiger partial charge in [0.05, 0.1) is 24.0 Å². The van der Waals surface area contributed by atoms with Gasteiger partial charge in [0.1, 0.15) is 0 Å². The summed E-state index contributed by atoms with van der Waals surface area (Å²) in [5.74, 6) is 0.197. The van der Waals surface area contributed by atoms with Gasteiger partial charge >= 0.3 is 0 Å². The van der Waals surface area contributed by atoms with Crippen LogP contribution in [0.3, 0.4) is 0 Å². The van der Waals surface area contributed by atoms with Crippen molar-refractivity contribution in [3.63, 3.8) is 0 Å². The van der Waals surface area contributed by atoms with Gasteiger partial charge < -0.3 is 25.4 Å². The van der Waals surface area contributed by atoms with Crippen LogP contribution in [0, 0.1) is 5.92 Å². The van der Waals surface area contributed by atoms with Crippen molar-refractivity contribution in [2.45, 2.75) is 13.0 Å². The first-order valence-corrected chi connectivity index (χ1v) is 11.3. The predicted molar refractivity (Wildman–Crippen MR) is 130 cm³/mol. The van der Waals surface area contributed by atoms with Crippen molar-refractivity contribution in [1.82, 2.24) is 25.4 Å². The Labute approximate surface area is 191 Å². The molecule has 1 aromatic rings. The van der Waals surface area contributed by atoms with E-state index in [-0.39, 0.29) is 17.9 Å². The van der Waals surface area contributed by atoms with Crippen LogP contribution < -0.4 is 10.7 Å². The van der Waals surface area contributed by atoms with Crippen molar-refractivity contribution < 1.29 is 4.79 Å². The topological polar surface area (TPSA) is 63.2 Å². The van der Waals surface area contributed by atoms with Gasteiger partial charge in [0.15, 0.2) is 0 Å². The number of hydrazone groups is 1. The van der Waals surface area contributed by atoms with Crippen LogP contribution in [-0.2, 0) is 4.79 Å². The Balaban J connectivity index is 1.65. The number of nitrogens with one attached hydrogen (secondary N) is 2. The molecule has 2 unspecified atom stereocenters. The van der Waals surface area contributed by atoms with E-state index in [1.165, 1.54) is 5.70 Å². The highest BCUT2D eigenvalue weighted by Crippen LogP contribution is 2.35. The number of amides is 1. The molecule has 2 heterocycles. The molecule has 2 aliphatic heterocycles. The Bertz CT molecular complexity index is 954. The van der Waals surface area contributed by atoms with E-state index in [1.807, 2.05) is 37.2 Å². The van der Waals surface area contributed by atoms with E-state index in [2.05, 4.69) is 70.0 Å². The van der Waals surface area contributed by atoms with Gasteiger partial charge in [-0.3, -0.25) is 4.79 Å². The van der Waals surface area contributed by atoms with Gasteiger partial charge in [-0.05, 0) is 38.9 Å². The molecule has 3 aliphatic rings. The monoisotopic (exact) mass is 434 g/mol. The number of rotatable bonds is 6. The fourth-order valence-corrected chi connectivity index (χ4v) is 4.57. The van der Waals surface area contributed by atoms with Gasteiger partial charge in [-0.1, -0.05) is 43.3 Å². The van der Waals surface area contributed by atoms with Crippen molar-refractivity contribution >= 4 is 17.7 Å². The number of allylic oxidation sites excluding steroid dienone is 2. The summed E-state index contributed by atoms with van der Waals surface area (Å²) < 4.78 is 0. The molecular weight excluding hydrogens is 400 g/mol. The van der Waals surface area contributed by atoms with Crippen LogP contribution in [0.15, 0.2) is 64.6 Å². The Morgan fingerprint density at radius 3 is 2.59 bits per heavy atom. The van der Waals surface area contributed by atoms with E-state index in [4.69, 9.17) is 0 Å². The molecule has 4 rings (SSSR count). The zero-order valence-electron chi connectivity index (χ0n) is 19.5. The minimum Gasteiger partial charge on any atom is -0.370 e. The number of piperazine rings is 1. The summed E-state index contributed by atoms with van der Waals surface area (Å²) in [4.78, 5) is 19.4. The summed E-state index contributed by atoms with van der Waals surface area (Å²) in [5, 5.41) is 7.84. The second-order valence-electron chi connectivity index (χ2n) is 9.11. The first-order valence-electron chi connectivity index (χ1n) is 11.3. The van der Waals surface area contributed by atoms with Crippen LogP contribution in [0.5, 0.6) is 0 Å². The minimum absolute atomic E-state index is 0.00315. The largest absolute Gasteiger partial charge is 0.370 e. The van der Waals surface area contributed by atoms with Crippen LogP contribution in [0.4, 0.5) is 0 Å². The Hall–Kier alpha value is -2.90. The normalized spacial score (nSPS) is 23.8. The van der Waals surface area contributed by atoms with Crippen LogP contribution in [-0.4, -0.2) is 86.2 Å². The maximum absolute atomic E-state index is 12.7. The Kier molecular flexibility index (Phi) is 6.77. The molecule has 32 heavy (non-hydrogen) atoms. The quantitative estimate of drug-likeness (QED) is 0.714. The van der Waals surface area contributed by atoms with Gasteiger partial charge in [-0.15, -0.1) is 0 Å². The molecule has 0 bridgehead atoms. The maximum atomic E-state index is 12.7. The summed E-state index contributed by atoms with van der Waals surface area (Å²) in [6.07, 6.45) is 6.26. The predicted octanol–water partition coefficient (Wildman–Crippen LogP) is 1.74. The van der Waals surface area contributed by atoms with E-state index >= 15 is 0 Å². The Morgan fingerprint density at radius 1 is 1.19 bits per heavy atom. The first-order chi connectivity index (χ1) is 15.4. The van der Waals surface area contributed by atoms with Gasteiger partial charge in [0, 0.05) is 43.4 Å². The highest BCUT2D eigenvalue weighted by molar-refractivity contribution is 6.13. The molecule has 170 valence electrons. The lowest BCUT2D eigenvalue weighted by molar-refractivity contribution is -0.120. The maximum Gasteiger partial charge on any atom is 0.238 e. The van der Waals surface area contributed by atoms with Crippen molar-refractivity contribution in [2.24, 2.45) is 11.0 Å². The van der Waals surface area contributed by atoms with Crippen LogP contribution in [0.2, 0.25) is 0 Å². The minimum atomic E-state index is 0.00315. The molecule has 0 spiro atoms. The lowest BCUT2D eigenvalue weighted by Gasteiger charge is -2.41. The van der Waals surface area contributed by atoms with Crippen LogP contribution in [0.25, 0.3) is 6.08 Å². The number of likely N-dealkylation sites (N-methyl/N-ethyl adjacent to an activating group) is 2. The molecule has 0 radical (unpaired) electrons.